The molecule has 0 radical (unpaired) electrons. The van der Waals surface area contributed by atoms with Crippen LogP contribution in [-0.2, 0) is 12.8 Å². The molecule has 0 spiro atoms. The normalized spacial score (nSPS) is 16.8. The van der Waals surface area contributed by atoms with Crippen LogP contribution in [0, 0.1) is 0 Å². The second-order valence-electron chi connectivity index (χ2n) is 4.72. The summed E-state index contributed by atoms with van der Waals surface area (Å²) in [5.41, 5.74) is 3.52. The van der Waals surface area contributed by atoms with Crippen LogP contribution in [-0.4, -0.2) is 38.0 Å². The number of fused-ring (bicyclic) bond motifs is 1. The van der Waals surface area contributed by atoms with Crippen LogP contribution in [0.5, 0.6) is 0 Å². The fraction of sp³-hybridized carbons (Fsp3) is 0.500. The molecule has 0 saturated carbocycles. The zero-order valence-electron chi connectivity index (χ0n) is 10.6. The Bertz CT molecular complexity index is 415. The molecule has 3 nitrogen and oxygen atoms in total. The van der Waals surface area contributed by atoms with Crippen molar-refractivity contribution in [1.82, 2.24) is 10.2 Å². The van der Waals surface area contributed by atoms with Crippen molar-refractivity contribution in [3.05, 3.63) is 34.9 Å². The number of hydrogen-bond donors (Lipinski definition) is 1. The van der Waals surface area contributed by atoms with Gasteiger partial charge in [0.15, 0.2) is 0 Å². The maximum Gasteiger partial charge on any atom is 0.251 e. The molecule has 92 valence electrons. The summed E-state index contributed by atoms with van der Waals surface area (Å²) in [5.74, 6) is 0.00646. The molecule has 1 aromatic carbocycles. The average Bonchev–Trinajstić information content (AvgIpc) is 2.33. The van der Waals surface area contributed by atoms with Gasteiger partial charge >= 0.3 is 0 Å². The quantitative estimate of drug-likeness (QED) is 0.795. The van der Waals surface area contributed by atoms with Crippen molar-refractivity contribution in [2.75, 3.05) is 27.2 Å². The number of likely N-dealkylation sites (N-methyl/N-ethyl adjacent to an activating group) is 1. The van der Waals surface area contributed by atoms with Crippen LogP contribution in [0.3, 0.4) is 0 Å². The molecule has 3 heteroatoms. The van der Waals surface area contributed by atoms with E-state index in [-0.39, 0.29) is 5.91 Å². The standard InChI is InChI=1S/C14H20N2O/c1-15-14(17)13-6-5-11-7-9-16(2)8-3-4-12(11)10-13/h5-6,10H,3-4,7-9H2,1-2H3,(H,15,17). The van der Waals surface area contributed by atoms with Crippen LogP contribution >= 0.6 is 0 Å². The largest absolute Gasteiger partial charge is 0.355 e. The molecule has 2 rings (SSSR count). The summed E-state index contributed by atoms with van der Waals surface area (Å²) in [5, 5.41) is 2.68. The number of hydrogen-bond acceptors (Lipinski definition) is 2. The first kappa shape index (κ1) is 12.1. The molecular formula is C14H20N2O. The Hall–Kier alpha value is -1.35. The first-order valence-corrected chi connectivity index (χ1v) is 6.23. The van der Waals surface area contributed by atoms with Crippen molar-refractivity contribution in [2.24, 2.45) is 0 Å². The third-order valence-electron chi connectivity index (χ3n) is 3.44. The first-order chi connectivity index (χ1) is 8.20. The Morgan fingerprint density at radius 3 is 2.82 bits per heavy atom. The maximum absolute atomic E-state index is 11.6. The van der Waals surface area contributed by atoms with Gasteiger partial charge in [0.05, 0.1) is 0 Å². The summed E-state index contributed by atoms with van der Waals surface area (Å²) < 4.78 is 0. The number of amides is 1. The number of carbonyl (C=O) groups excluding carboxylic acids is 1. The van der Waals surface area contributed by atoms with Gasteiger partial charge in [0.25, 0.3) is 5.91 Å². The van der Waals surface area contributed by atoms with E-state index in [1.807, 2.05) is 6.07 Å². The summed E-state index contributed by atoms with van der Waals surface area (Å²) in [4.78, 5) is 14.0. The highest BCUT2D eigenvalue weighted by molar-refractivity contribution is 5.94. The van der Waals surface area contributed by atoms with Gasteiger partial charge in [-0.25, -0.2) is 0 Å². The summed E-state index contributed by atoms with van der Waals surface area (Å²) >= 11 is 0. The minimum atomic E-state index is 0.00646. The molecule has 1 aliphatic heterocycles. The number of nitrogens with zero attached hydrogens (tertiary/aromatic N) is 1. The molecule has 0 aromatic heterocycles. The van der Waals surface area contributed by atoms with Crippen molar-refractivity contribution in [3.63, 3.8) is 0 Å². The van der Waals surface area contributed by atoms with Crippen molar-refractivity contribution in [2.45, 2.75) is 19.3 Å². The Kier molecular flexibility index (Phi) is 3.79. The monoisotopic (exact) mass is 232 g/mol. The number of aryl methyl sites for hydroxylation is 1. The molecule has 1 aromatic rings. The Morgan fingerprint density at radius 2 is 2.06 bits per heavy atom. The number of rotatable bonds is 1. The summed E-state index contributed by atoms with van der Waals surface area (Å²) in [6.07, 6.45) is 3.32. The summed E-state index contributed by atoms with van der Waals surface area (Å²) in [7, 11) is 3.85. The lowest BCUT2D eigenvalue weighted by Gasteiger charge is -2.21. The Morgan fingerprint density at radius 1 is 1.24 bits per heavy atom. The van der Waals surface area contributed by atoms with Gasteiger partial charge in [0.1, 0.15) is 0 Å². The number of nitrogens with one attached hydrogen (secondary N) is 1. The van der Waals surface area contributed by atoms with E-state index in [1.54, 1.807) is 7.05 Å². The van der Waals surface area contributed by atoms with E-state index in [2.05, 4.69) is 29.4 Å². The van der Waals surface area contributed by atoms with Gasteiger partial charge < -0.3 is 10.2 Å². The topological polar surface area (TPSA) is 32.3 Å². The van der Waals surface area contributed by atoms with Crippen LogP contribution in [0.25, 0.3) is 0 Å². The van der Waals surface area contributed by atoms with Gasteiger partial charge in [-0.2, -0.15) is 0 Å². The average molecular weight is 232 g/mol. The fourth-order valence-electron chi connectivity index (χ4n) is 2.35. The van der Waals surface area contributed by atoms with E-state index in [4.69, 9.17) is 0 Å². The minimum Gasteiger partial charge on any atom is -0.355 e. The molecule has 0 unspecified atom stereocenters. The lowest BCUT2D eigenvalue weighted by molar-refractivity contribution is 0.0963. The van der Waals surface area contributed by atoms with Crippen LogP contribution in [0.4, 0.5) is 0 Å². The number of carbonyl (C=O) groups is 1. The van der Waals surface area contributed by atoms with Gasteiger partial charge in [-0.15, -0.1) is 0 Å². The molecule has 0 fully saturated rings. The zero-order valence-corrected chi connectivity index (χ0v) is 10.6. The van der Waals surface area contributed by atoms with E-state index >= 15 is 0 Å². The van der Waals surface area contributed by atoms with E-state index in [0.29, 0.717) is 0 Å². The summed E-state index contributed by atoms with van der Waals surface area (Å²) in [6.45, 7) is 2.25. The Labute approximate surface area is 103 Å². The number of benzene rings is 1. The van der Waals surface area contributed by atoms with Gasteiger partial charge in [-0.05, 0) is 56.1 Å². The van der Waals surface area contributed by atoms with Crippen molar-refractivity contribution in [1.29, 1.82) is 0 Å². The molecule has 0 aliphatic carbocycles. The highest BCUT2D eigenvalue weighted by Gasteiger charge is 2.12. The second kappa shape index (κ2) is 5.32. The molecule has 1 aliphatic rings. The molecule has 0 atom stereocenters. The molecule has 1 amide bonds. The molecule has 0 bridgehead atoms. The predicted octanol–water partition coefficient (Wildman–Crippen LogP) is 1.47. The minimum absolute atomic E-state index is 0.00646. The van der Waals surface area contributed by atoms with Gasteiger partial charge in [-0.3, -0.25) is 4.79 Å². The molecule has 17 heavy (non-hydrogen) atoms. The zero-order chi connectivity index (χ0) is 12.3. The fourth-order valence-corrected chi connectivity index (χ4v) is 2.35. The second-order valence-corrected chi connectivity index (χ2v) is 4.72. The summed E-state index contributed by atoms with van der Waals surface area (Å²) in [6, 6.07) is 6.10. The molecule has 1 heterocycles. The first-order valence-electron chi connectivity index (χ1n) is 6.23. The molecule has 0 saturated heterocycles. The van der Waals surface area contributed by atoms with E-state index in [9.17, 15) is 4.79 Å². The van der Waals surface area contributed by atoms with Crippen molar-refractivity contribution in [3.8, 4) is 0 Å². The molecule has 1 N–H and O–H groups in total. The van der Waals surface area contributed by atoms with E-state index in [1.165, 1.54) is 17.5 Å². The maximum atomic E-state index is 11.6. The highest BCUT2D eigenvalue weighted by Crippen LogP contribution is 2.17. The van der Waals surface area contributed by atoms with Crippen molar-refractivity contribution >= 4 is 5.91 Å². The van der Waals surface area contributed by atoms with Gasteiger partial charge in [0.2, 0.25) is 0 Å². The van der Waals surface area contributed by atoms with Crippen LogP contribution in [0.1, 0.15) is 27.9 Å². The lowest BCUT2D eigenvalue weighted by Crippen LogP contribution is -2.25. The van der Waals surface area contributed by atoms with E-state index < -0.39 is 0 Å². The predicted molar refractivity (Wildman–Crippen MR) is 69.4 cm³/mol. The molecular weight excluding hydrogens is 212 g/mol. The lowest BCUT2D eigenvalue weighted by atomic mass is 9.96. The smallest absolute Gasteiger partial charge is 0.251 e. The van der Waals surface area contributed by atoms with Crippen LogP contribution in [0.2, 0.25) is 0 Å². The van der Waals surface area contributed by atoms with Gasteiger partial charge in [0, 0.05) is 19.2 Å². The van der Waals surface area contributed by atoms with Gasteiger partial charge in [-0.1, -0.05) is 6.07 Å². The highest BCUT2D eigenvalue weighted by atomic mass is 16.1. The van der Waals surface area contributed by atoms with Crippen molar-refractivity contribution < 1.29 is 4.79 Å². The Balaban J connectivity index is 2.25. The third-order valence-corrected chi connectivity index (χ3v) is 3.44. The SMILES string of the molecule is CNC(=O)c1ccc2c(c1)CCCN(C)CC2. The van der Waals surface area contributed by atoms with Crippen LogP contribution in [0.15, 0.2) is 18.2 Å². The van der Waals surface area contributed by atoms with Crippen LogP contribution < -0.4 is 5.32 Å². The third kappa shape index (κ3) is 2.86. The van der Waals surface area contributed by atoms with E-state index in [0.717, 1.165) is 31.5 Å².